The number of para-hydroxylation sites is 1. The highest BCUT2D eigenvalue weighted by molar-refractivity contribution is 6.30. The molecule has 0 bridgehead atoms. The summed E-state index contributed by atoms with van der Waals surface area (Å²) in [6, 6.07) is 25.5. The maximum atomic E-state index is 13.2. The van der Waals surface area contributed by atoms with Crippen LogP contribution in [0, 0.1) is 11.8 Å². The summed E-state index contributed by atoms with van der Waals surface area (Å²) in [5, 5.41) is 4.12. The fraction of sp³-hybridized carbons (Fsp3) is 0.387. The Balaban J connectivity index is 1.36. The van der Waals surface area contributed by atoms with Gasteiger partial charge in [0.1, 0.15) is 11.5 Å². The van der Waals surface area contributed by atoms with Crippen molar-refractivity contribution in [3.8, 4) is 11.5 Å². The predicted octanol–water partition coefficient (Wildman–Crippen LogP) is 7.52. The Labute approximate surface area is 219 Å². The molecule has 1 saturated carbocycles. The summed E-state index contributed by atoms with van der Waals surface area (Å²) in [4.78, 5) is 13.2. The van der Waals surface area contributed by atoms with Crippen molar-refractivity contribution >= 4 is 17.5 Å². The molecule has 4 nitrogen and oxygen atoms in total. The van der Waals surface area contributed by atoms with Crippen LogP contribution in [-0.4, -0.2) is 17.6 Å². The number of fused-ring (bicyclic) bond motifs is 1. The van der Waals surface area contributed by atoms with Gasteiger partial charge in [-0.25, -0.2) is 0 Å². The molecule has 188 valence electrons. The van der Waals surface area contributed by atoms with Gasteiger partial charge in [0.15, 0.2) is 0 Å². The van der Waals surface area contributed by atoms with Crippen LogP contribution >= 0.6 is 11.6 Å². The molecule has 1 amide bonds. The van der Waals surface area contributed by atoms with Gasteiger partial charge >= 0.3 is 0 Å². The zero-order chi connectivity index (χ0) is 25.1. The molecule has 3 aromatic rings. The minimum absolute atomic E-state index is 0.0407. The second-order valence-electron chi connectivity index (χ2n) is 10.6. The van der Waals surface area contributed by atoms with Crippen LogP contribution < -0.4 is 10.1 Å². The van der Waals surface area contributed by atoms with Gasteiger partial charge in [0.05, 0.1) is 18.6 Å². The quantitative estimate of drug-likeness (QED) is 0.378. The van der Waals surface area contributed by atoms with E-state index in [9.17, 15) is 4.79 Å². The molecule has 1 heterocycles. The van der Waals surface area contributed by atoms with Gasteiger partial charge in [-0.2, -0.15) is 0 Å². The van der Waals surface area contributed by atoms with Crippen LogP contribution in [0.1, 0.15) is 56.8 Å². The third kappa shape index (κ3) is 5.77. The standard InChI is InChI=1S/C31H34ClNO3/c1-21-11-16-27-28(17-21)36-29(23-7-6-10-26(19-23)35-25-8-4-3-5-9-25)20-31(27,2)33-30(34)18-22-12-14-24(32)15-13-22/h3-10,12-15,19,21,27-29H,11,16-18,20H2,1-2H3,(H,33,34)/t21-,27-,28-,29-,31-/m0/s1. The zero-order valence-electron chi connectivity index (χ0n) is 21.0. The van der Waals surface area contributed by atoms with E-state index in [1.54, 1.807) is 0 Å². The van der Waals surface area contributed by atoms with Crippen LogP contribution in [0.4, 0.5) is 0 Å². The van der Waals surface area contributed by atoms with Gasteiger partial charge in [-0.3, -0.25) is 4.79 Å². The lowest BCUT2D eigenvalue weighted by molar-refractivity contribution is -0.153. The van der Waals surface area contributed by atoms with E-state index in [4.69, 9.17) is 21.1 Å². The number of halogens is 1. The summed E-state index contributed by atoms with van der Waals surface area (Å²) in [5.74, 6) is 2.54. The highest BCUT2D eigenvalue weighted by atomic mass is 35.5. The number of carbonyl (C=O) groups is 1. The first-order valence-corrected chi connectivity index (χ1v) is 13.3. The van der Waals surface area contributed by atoms with Crippen molar-refractivity contribution in [1.82, 2.24) is 5.32 Å². The van der Waals surface area contributed by atoms with Gasteiger partial charge in [0.25, 0.3) is 0 Å². The van der Waals surface area contributed by atoms with Crippen LogP contribution in [0.3, 0.4) is 0 Å². The van der Waals surface area contributed by atoms with E-state index < -0.39 is 0 Å². The van der Waals surface area contributed by atoms with Gasteiger partial charge < -0.3 is 14.8 Å². The van der Waals surface area contributed by atoms with Crippen LogP contribution in [0.2, 0.25) is 5.02 Å². The number of nitrogens with one attached hydrogen (secondary N) is 1. The van der Waals surface area contributed by atoms with Crippen molar-refractivity contribution in [1.29, 1.82) is 0 Å². The lowest BCUT2D eigenvalue weighted by atomic mass is 9.66. The summed E-state index contributed by atoms with van der Waals surface area (Å²) in [6.07, 6.45) is 4.31. The molecule has 0 aromatic heterocycles. The number of benzene rings is 3. The smallest absolute Gasteiger partial charge is 0.224 e. The molecule has 5 heteroatoms. The predicted molar refractivity (Wildman–Crippen MR) is 143 cm³/mol. The summed E-state index contributed by atoms with van der Waals surface area (Å²) < 4.78 is 12.8. The Hall–Kier alpha value is -2.82. The van der Waals surface area contributed by atoms with E-state index >= 15 is 0 Å². The van der Waals surface area contributed by atoms with Gasteiger partial charge in [-0.05, 0) is 73.2 Å². The van der Waals surface area contributed by atoms with Crippen molar-refractivity contribution in [3.05, 3.63) is 95.0 Å². The first-order chi connectivity index (χ1) is 17.4. The Morgan fingerprint density at radius 1 is 1.03 bits per heavy atom. The monoisotopic (exact) mass is 503 g/mol. The van der Waals surface area contributed by atoms with Crippen molar-refractivity contribution < 1.29 is 14.3 Å². The molecule has 1 N–H and O–H groups in total. The highest BCUT2D eigenvalue weighted by Crippen LogP contribution is 2.48. The molecule has 2 fully saturated rings. The molecule has 1 saturated heterocycles. The first kappa shape index (κ1) is 24.9. The molecular weight excluding hydrogens is 470 g/mol. The van der Waals surface area contributed by atoms with E-state index in [1.807, 2.05) is 66.7 Å². The van der Waals surface area contributed by atoms with Gasteiger partial charge in [-0.15, -0.1) is 0 Å². The first-order valence-electron chi connectivity index (χ1n) is 12.9. The highest BCUT2D eigenvalue weighted by Gasteiger charge is 2.49. The molecule has 0 radical (unpaired) electrons. The average Bonchev–Trinajstić information content (AvgIpc) is 2.85. The summed E-state index contributed by atoms with van der Waals surface area (Å²) in [5.41, 5.74) is 1.69. The van der Waals surface area contributed by atoms with Crippen LogP contribution in [0.15, 0.2) is 78.9 Å². The minimum Gasteiger partial charge on any atom is -0.457 e. The lowest BCUT2D eigenvalue weighted by Crippen LogP contribution is -2.60. The maximum absolute atomic E-state index is 13.2. The zero-order valence-corrected chi connectivity index (χ0v) is 21.7. The number of hydrogen-bond acceptors (Lipinski definition) is 3. The van der Waals surface area contributed by atoms with E-state index in [0.717, 1.165) is 48.3 Å². The Kier molecular flexibility index (Phi) is 7.36. The SMILES string of the molecule is C[C@H]1CC[C@H]2[C@H](C1)O[C@H](c1cccc(Oc3ccccc3)c1)C[C@]2(C)NC(=O)Cc1ccc(Cl)cc1. The normalized spacial score (nSPS) is 27.6. The Morgan fingerprint density at radius 3 is 2.56 bits per heavy atom. The second-order valence-corrected chi connectivity index (χ2v) is 11.1. The van der Waals surface area contributed by atoms with Crippen LogP contribution in [-0.2, 0) is 16.0 Å². The van der Waals surface area contributed by atoms with Crippen LogP contribution in [0.5, 0.6) is 11.5 Å². The van der Waals surface area contributed by atoms with Gasteiger partial charge in [-0.1, -0.05) is 67.4 Å². The van der Waals surface area contributed by atoms with Gasteiger partial charge in [0.2, 0.25) is 5.91 Å². The molecule has 0 unspecified atom stereocenters. The Bertz CT molecular complexity index is 1180. The number of ether oxygens (including phenoxy) is 2. The molecule has 1 aliphatic carbocycles. The Morgan fingerprint density at radius 2 is 1.78 bits per heavy atom. The van der Waals surface area contributed by atoms with Crippen molar-refractivity contribution in [2.75, 3.05) is 0 Å². The third-order valence-corrected chi connectivity index (χ3v) is 7.98. The average molecular weight is 504 g/mol. The number of hydrogen-bond donors (Lipinski definition) is 1. The summed E-state index contributed by atoms with van der Waals surface area (Å²) in [6.45, 7) is 4.51. The molecule has 36 heavy (non-hydrogen) atoms. The molecular formula is C31H34ClNO3. The molecule has 0 spiro atoms. The van der Waals surface area contributed by atoms with Crippen molar-refractivity contribution in [2.45, 2.75) is 63.7 Å². The van der Waals surface area contributed by atoms with E-state index in [1.165, 1.54) is 0 Å². The topological polar surface area (TPSA) is 47.6 Å². The van der Waals surface area contributed by atoms with Crippen molar-refractivity contribution in [3.63, 3.8) is 0 Å². The number of carbonyl (C=O) groups excluding carboxylic acids is 1. The molecule has 5 rings (SSSR count). The third-order valence-electron chi connectivity index (χ3n) is 7.73. The van der Waals surface area contributed by atoms with Gasteiger partial charge in [0, 0.05) is 22.9 Å². The fourth-order valence-corrected chi connectivity index (χ4v) is 6.02. The minimum atomic E-state index is -0.354. The second kappa shape index (κ2) is 10.7. The summed E-state index contributed by atoms with van der Waals surface area (Å²) in [7, 11) is 0. The molecule has 1 aliphatic heterocycles. The maximum Gasteiger partial charge on any atom is 0.224 e. The summed E-state index contributed by atoms with van der Waals surface area (Å²) >= 11 is 6.02. The van der Waals surface area contributed by atoms with E-state index in [0.29, 0.717) is 23.3 Å². The number of rotatable bonds is 6. The van der Waals surface area contributed by atoms with Crippen LogP contribution in [0.25, 0.3) is 0 Å². The largest absolute Gasteiger partial charge is 0.457 e. The lowest BCUT2D eigenvalue weighted by Gasteiger charge is -2.52. The van der Waals surface area contributed by atoms with E-state index in [-0.39, 0.29) is 23.7 Å². The molecule has 5 atom stereocenters. The van der Waals surface area contributed by atoms with E-state index in [2.05, 4.69) is 31.3 Å². The molecule has 3 aromatic carbocycles. The number of amides is 1. The van der Waals surface area contributed by atoms with Crippen molar-refractivity contribution in [2.24, 2.45) is 11.8 Å². The fourth-order valence-electron chi connectivity index (χ4n) is 5.90. The molecule has 2 aliphatic rings.